The fourth-order valence-electron chi connectivity index (χ4n) is 3.48. The molecule has 2 aromatic carbocycles. The van der Waals surface area contributed by atoms with Crippen LogP contribution in [0, 0.1) is 0 Å². The van der Waals surface area contributed by atoms with Crippen LogP contribution >= 0.6 is 11.6 Å². The van der Waals surface area contributed by atoms with Crippen LogP contribution in [0.5, 0.6) is 0 Å². The number of hydrogen-bond acceptors (Lipinski definition) is 3. The minimum Gasteiger partial charge on any atom is -0.354 e. The van der Waals surface area contributed by atoms with E-state index in [0.29, 0.717) is 41.3 Å². The van der Waals surface area contributed by atoms with Crippen LogP contribution in [0.4, 0.5) is 5.69 Å². The number of carbonyl (C=O) groups is 3. The Bertz CT molecular complexity index is 914. The lowest BCUT2D eigenvalue weighted by Crippen LogP contribution is -2.46. The number of halogens is 1. The van der Waals surface area contributed by atoms with E-state index in [9.17, 15) is 14.4 Å². The molecular weight excluding hydrogens is 402 g/mol. The van der Waals surface area contributed by atoms with Gasteiger partial charge in [-0.15, -0.1) is 0 Å². The molecule has 0 unspecified atom stereocenters. The van der Waals surface area contributed by atoms with Gasteiger partial charge in [-0.3, -0.25) is 14.4 Å². The second kappa shape index (κ2) is 10.3. The molecule has 6 nitrogen and oxygen atoms in total. The van der Waals surface area contributed by atoms with Crippen LogP contribution in [0.25, 0.3) is 0 Å². The topological polar surface area (TPSA) is 78.5 Å². The summed E-state index contributed by atoms with van der Waals surface area (Å²) in [5.41, 5.74) is 1.52. The molecule has 1 aliphatic rings. The molecule has 158 valence electrons. The molecular formula is C23H26ClN3O3. The van der Waals surface area contributed by atoms with Crippen molar-refractivity contribution >= 4 is 35.0 Å². The summed E-state index contributed by atoms with van der Waals surface area (Å²) >= 11 is 5.93. The second-order valence-corrected chi connectivity index (χ2v) is 7.78. The zero-order valence-electron chi connectivity index (χ0n) is 17.0. The van der Waals surface area contributed by atoms with Gasteiger partial charge >= 0.3 is 0 Å². The molecule has 7 heteroatoms. The fraction of sp³-hybridized carbons (Fsp3) is 0.348. The standard InChI is InChI=1S/C23H26ClN3O3/c1-2-3-13-25-22(29)20-8-5-14-27(20)23(30)16-9-11-19(12-10-16)26-21(28)17-6-4-7-18(24)15-17/h4,6-7,9-12,15,20H,2-3,5,8,13-14H2,1H3,(H,25,29)(H,26,28)/t20-/m0/s1. The third-order valence-corrected chi connectivity index (χ3v) is 5.36. The molecule has 0 bridgehead atoms. The molecule has 3 amide bonds. The molecule has 1 heterocycles. The van der Waals surface area contributed by atoms with Crippen molar-refractivity contribution in [1.82, 2.24) is 10.2 Å². The van der Waals surface area contributed by atoms with E-state index in [1.54, 1.807) is 53.4 Å². The smallest absolute Gasteiger partial charge is 0.255 e. The van der Waals surface area contributed by atoms with Crippen molar-refractivity contribution < 1.29 is 14.4 Å². The SMILES string of the molecule is CCCCNC(=O)[C@@H]1CCCN1C(=O)c1ccc(NC(=O)c2cccc(Cl)c2)cc1. The van der Waals surface area contributed by atoms with Crippen molar-refractivity contribution in [1.29, 1.82) is 0 Å². The van der Waals surface area contributed by atoms with Gasteiger partial charge in [0.25, 0.3) is 11.8 Å². The number of nitrogens with zero attached hydrogens (tertiary/aromatic N) is 1. The number of unbranched alkanes of at least 4 members (excludes halogenated alkanes) is 1. The third kappa shape index (κ3) is 5.39. The van der Waals surface area contributed by atoms with Gasteiger partial charge in [0.1, 0.15) is 6.04 Å². The van der Waals surface area contributed by atoms with Crippen LogP contribution in [-0.4, -0.2) is 41.8 Å². The van der Waals surface area contributed by atoms with Gasteiger partial charge in [-0.1, -0.05) is 31.0 Å². The maximum atomic E-state index is 12.9. The Labute approximate surface area is 181 Å². The van der Waals surface area contributed by atoms with E-state index in [-0.39, 0.29) is 17.7 Å². The highest BCUT2D eigenvalue weighted by molar-refractivity contribution is 6.31. The molecule has 0 spiro atoms. The Hall–Kier alpha value is -2.86. The number of anilines is 1. The van der Waals surface area contributed by atoms with Crippen molar-refractivity contribution in [2.75, 3.05) is 18.4 Å². The van der Waals surface area contributed by atoms with E-state index >= 15 is 0 Å². The van der Waals surface area contributed by atoms with E-state index in [1.807, 2.05) is 0 Å². The summed E-state index contributed by atoms with van der Waals surface area (Å²) in [5, 5.41) is 6.20. The molecule has 0 aliphatic carbocycles. The van der Waals surface area contributed by atoms with Crippen molar-refractivity contribution in [2.45, 2.75) is 38.6 Å². The molecule has 0 aromatic heterocycles. The molecule has 1 aliphatic heterocycles. The molecule has 1 atom stereocenters. The number of hydrogen-bond donors (Lipinski definition) is 2. The third-order valence-electron chi connectivity index (χ3n) is 5.12. The average molecular weight is 428 g/mol. The lowest BCUT2D eigenvalue weighted by Gasteiger charge is -2.24. The zero-order chi connectivity index (χ0) is 21.5. The van der Waals surface area contributed by atoms with Gasteiger partial charge in [0.15, 0.2) is 0 Å². The molecule has 0 saturated carbocycles. The number of benzene rings is 2. The highest BCUT2D eigenvalue weighted by Crippen LogP contribution is 2.22. The second-order valence-electron chi connectivity index (χ2n) is 7.34. The van der Waals surface area contributed by atoms with Crippen molar-refractivity contribution in [3.05, 3.63) is 64.7 Å². The van der Waals surface area contributed by atoms with Gasteiger partial charge in [-0.2, -0.15) is 0 Å². The van der Waals surface area contributed by atoms with Crippen LogP contribution in [-0.2, 0) is 4.79 Å². The van der Waals surface area contributed by atoms with Gasteiger partial charge in [-0.05, 0) is 61.7 Å². The van der Waals surface area contributed by atoms with Gasteiger partial charge in [0.05, 0.1) is 0 Å². The minimum absolute atomic E-state index is 0.0836. The predicted molar refractivity (Wildman–Crippen MR) is 118 cm³/mol. The normalized spacial score (nSPS) is 15.7. The zero-order valence-corrected chi connectivity index (χ0v) is 17.7. The summed E-state index contributed by atoms with van der Waals surface area (Å²) in [6.07, 6.45) is 3.42. The quantitative estimate of drug-likeness (QED) is 0.652. The number of rotatable bonds is 7. The molecule has 3 rings (SSSR count). The number of carbonyl (C=O) groups excluding carboxylic acids is 3. The first kappa shape index (κ1) is 21.8. The van der Waals surface area contributed by atoms with Crippen LogP contribution in [0.3, 0.4) is 0 Å². The lowest BCUT2D eigenvalue weighted by molar-refractivity contribution is -0.124. The molecule has 30 heavy (non-hydrogen) atoms. The molecule has 1 fully saturated rings. The Balaban J connectivity index is 1.63. The van der Waals surface area contributed by atoms with Gasteiger partial charge in [-0.25, -0.2) is 0 Å². The van der Waals surface area contributed by atoms with Crippen molar-refractivity contribution in [2.24, 2.45) is 0 Å². The largest absolute Gasteiger partial charge is 0.354 e. The monoisotopic (exact) mass is 427 g/mol. The summed E-state index contributed by atoms with van der Waals surface area (Å²) in [6.45, 7) is 3.27. The van der Waals surface area contributed by atoms with Crippen LogP contribution in [0.15, 0.2) is 48.5 Å². The minimum atomic E-state index is -0.420. The Kier molecular flexibility index (Phi) is 7.46. The summed E-state index contributed by atoms with van der Waals surface area (Å²) in [5.74, 6) is -0.532. The van der Waals surface area contributed by atoms with Crippen molar-refractivity contribution in [3.8, 4) is 0 Å². The first-order valence-electron chi connectivity index (χ1n) is 10.2. The molecule has 0 radical (unpaired) electrons. The van der Waals surface area contributed by atoms with E-state index < -0.39 is 6.04 Å². The highest BCUT2D eigenvalue weighted by Gasteiger charge is 2.34. The van der Waals surface area contributed by atoms with Gasteiger partial charge < -0.3 is 15.5 Å². The van der Waals surface area contributed by atoms with Crippen molar-refractivity contribution in [3.63, 3.8) is 0 Å². The first-order chi connectivity index (χ1) is 14.5. The maximum absolute atomic E-state index is 12.9. The average Bonchev–Trinajstić information content (AvgIpc) is 3.24. The fourth-order valence-corrected chi connectivity index (χ4v) is 3.67. The van der Waals surface area contributed by atoms with E-state index in [0.717, 1.165) is 19.3 Å². The number of likely N-dealkylation sites (tertiary alicyclic amines) is 1. The Morgan fingerprint density at radius 2 is 1.87 bits per heavy atom. The highest BCUT2D eigenvalue weighted by atomic mass is 35.5. The van der Waals surface area contributed by atoms with Crippen LogP contribution in [0.1, 0.15) is 53.3 Å². The molecule has 2 aromatic rings. The first-order valence-corrected chi connectivity index (χ1v) is 10.6. The van der Waals surface area contributed by atoms with Gasteiger partial charge in [0, 0.05) is 34.9 Å². The summed E-state index contributed by atoms with van der Waals surface area (Å²) in [4.78, 5) is 39.3. The van der Waals surface area contributed by atoms with E-state index in [4.69, 9.17) is 11.6 Å². The lowest BCUT2D eigenvalue weighted by atomic mass is 10.1. The molecule has 1 saturated heterocycles. The van der Waals surface area contributed by atoms with E-state index in [2.05, 4.69) is 17.6 Å². The van der Waals surface area contributed by atoms with Crippen LogP contribution in [0.2, 0.25) is 5.02 Å². The summed E-state index contributed by atoms with van der Waals surface area (Å²) in [6, 6.07) is 13.0. The Morgan fingerprint density at radius 3 is 2.57 bits per heavy atom. The van der Waals surface area contributed by atoms with Gasteiger partial charge in [0.2, 0.25) is 5.91 Å². The predicted octanol–water partition coefficient (Wildman–Crippen LogP) is 4.11. The summed E-state index contributed by atoms with van der Waals surface area (Å²) < 4.78 is 0. The van der Waals surface area contributed by atoms with E-state index in [1.165, 1.54) is 0 Å². The number of nitrogens with one attached hydrogen (secondary N) is 2. The molecule has 2 N–H and O–H groups in total. The van der Waals surface area contributed by atoms with Crippen LogP contribution < -0.4 is 10.6 Å². The number of amides is 3. The summed E-state index contributed by atoms with van der Waals surface area (Å²) in [7, 11) is 0. The maximum Gasteiger partial charge on any atom is 0.255 e. The Morgan fingerprint density at radius 1 is 1.10 bits per heavy atom.